The maximum absolute atomic E-state index is 12.1. The Balaban J connectivity index is 2.15. The smallest absolute Gasteiger partial charge is 0.269 e. The number of hydrogen-bond acceptors (Lipinski definition) is 2. The van der Waals surface area contributed by atoms with E-state index >= 15 is 0 Å². The van der Waals surface area contributed by atoms with Crippen molar-refractivity contribution in [3.8, 4) is 11.1 Å². The summed E-state index contributed by atoms with van der Waals surface area (Å²) < 4.78 is 6.69. The molecule has 5 heteroatoms. The minimum absolute atomic E-state index is 0.524. The summed E-state index contributed by atoms with van der Waals surface area (Å²) in [5.41, 5.74) is 15.6. The summed E-state index contributed by atoms with van der Waals surface area (Å²) in [7, 11) is -4.18. The van der Waals surface area contributed by atoms with Crippen molar-refractivity contribution in [1.29, 1.82) is 0 Å². The van der Waals surface area contributed by atoms with Crippen molar-refractivity contribution in [3.63, 3.8) is 0 Å². The summed E-state index contributed by atoms with van der Waals surface area (Å²) >= 11 is 0. The topological polar surface area (TPSA) is 50.1 Å². The van der Waals surface area contributed by atoms with Crippen LogP contribution in [0.1, 0.15) is 34.0 Å². The molecule has 0 unspecified atom stereocenters. The van der Waals surface area contributed by atoms with E-state index < -0.39 is 22.5 Å². The Hall–Kier alpha value is -1.96. The highest BCUT2D eigenvalue weighted by molar-refractivity contribution is 7.06. The lowest BCUT2D eigenvalue weighted by molar-refractivity contribution is 0.0991. The van der Waals surface area contributed by atoms with E-state index in [9.17, 15) is 4.79 Å². The van der Waals surface area contributed by atoms with Crippen molar-refractivity contribution < 1.29 is 8.91 Å². The standard InChI is InChI=1S/C22H26NO2Si2/c1-13-10-15-8-7-9-16(18(15)11-13)20-14(2)17(22(23)24)12-19-21(20)27(5,6)25-26(19,3)4/h7-9,11-12,23H,10H2,1-6H3. The second kappa shape index (κ2) is 5.77. The lowest BCUT2D eigenvalue weighted by atomic mass is 9.91. The molecule has 1 aliphatic heterocycles. The zero-order valence-corrected chi connectivity index (χ0v) is 18.9. The number of carbonyl (C=O) groups is 1. The van der Waals surface area contributed by atoms with Gasteiger partial charge >= 0.3 is 0 Å². The first-order valence-corrected chi connectivity index (χ1v) is 15.3. The van der Waals surface area contributed by atoms with E-state index in [1.807, 2.05) is 13.0 Å². The van der Waals surface area contributed by atoms with Crippen LogP contribution in [-0.4, -0.2) is 22.5 Å². The van der Waals surface area contributed by atoms with Gasteiger partial charge in [0.2, 0.25) is 16.6 Å². The quantitative estimate of drug-likeness (QED) is 0.728. The normalized spacial score (nSPS) is 18.8. The first-order valence-electron chi connectivity index (χ1n) is 9.47. The molecule has 0 saturated heterocycles. The molecule has 1 N–H and O–H groups in total. The number of rotatable bonds is 2. The molecule has 0 spiro atoms. The Morgan fingerprint density at radius 1 is 1.11 bits per heavy atom. The van der Waals surface area contributed by atoms with Gasteiger partial charge in [0.1, 0.15) is 0 Å². The monoisotopic (exact) mass is 392 g/mol. The molecule has 0 aromatic heterocycles. The summed E-state index contributed by atoms with van der Waals surface area (Å²) in [5.74, 6) is -0.605. The van der Waals surface area contributed by atoms with Gasteiger partial charge < -0.3 is 4.12 Å². The molecule has 0 bridgehead atoms. The average molecular weight is 393 g/mol. The fourth-order valence-electron chi connectivity index (χ4n) is 4.95. The first kappa shape index (κ1) is 18.4. The molecule has 3 nitrogen and oxygen atoms in total. The van der Waals surface area contributed by atoms with Gasteiger partial charge in [0.15, 0.2) is 0 Å². The number of nitrogens with one attached hydrogen (secondary N) is 1. The molecule has 2 aromatic carbocycles. The highest BCUT2D eigenvalue weighted by Gasteiger charge is 2.49. The molecule has 139 valence electrons. The molecule has 1 amide bonds. The van der Waals surface area contributed by atoms with Crippen LogP contribution >= 0.6 is 0 Å². The Kier molecular flexibility index (Phi) is 3.93. The van der Waals surface area contributed by atoms with Gasteiger partial charge in [-0.25, -0.2) is 0 Å². The average Bonchev–Trinajstić information content (AvgIpc) is 3.00. The molecule has 0 atom stereocenters. The van der Waals surface area contributed by atoms with Crippen LogP contribution < -0.4 is 16.1 Å². The van der Waals surface area contributed by atoms with Crippen molar-refractivity contribution in [2.75, 3.05) is 0 Å². The van der Waals surface area contributed by atoms with Crippen molar-refractivity contribution in [2.45, 2.75) is 46.5 Å². The van der Waals surface area contributed by atoms with Crippen molar-refractivity contribution >= 4 is 39.0 Å². The van der Waals surface area contributed by atoms with E-state index in [-0.39, 0.29) is 0 Å². The number of benzene rings is 2. The van der Waals surface area contributed by atoms with Crippen LogP contribution in [0.15, 0.2) is 29.8 Å². The van der Waals surface area contributed by atoms with E-state index in [4.69, 9.17) is 9.85 Å². The molecule has 27 heavy (non-hydrogen) atoms. The van der Waals surface area contributed by atoms with Gasteiger partial charge in [-0.2, -0.15) is 0 Å². The minimum Gasteiger partial charge on any atom is -0.449 e. The molecule has 0 fully saturated rings. The molecule has 1 aliphatic carbocycles. The van der Waals surface area contributed by atoms with Crippen LogP contribution in [0.2, 0.25) is 26.2 Å². The minimum atomic E-state index is -2.09. The third-order valence-electron chi connectivity index (χ3n) is 5.92. The van der Waals surface area contributed by atoms with Crippen LogP contribution in [0.3, 0.4) is 0 Å². The summed E-state index contributed by atoms with van der Waals surface area (Å²) in [4.78, 5) is 12.1. The van der Waals surface area contributed by atoms with Crippen LogP contribution in [0.25, 0.3) is 17.2 Å². The first-order chi connectivity index (χ1) is 12.5. The SMILES string of the molecule is CC1=Cc2c(cccc2-c2c(C)c(C([NH])=O)cc3c2[Si](C)(C)O[Si]3(C)C)C1. The van der Waals surface area contributed by atoms with Gasteiger partial charge in [-0.3, -0.25) is 10.5 Å². The van der Waals surface area contributed by atoms with E-state index in [2.05, 4.69) is 57.4 Å². The Morgan fingerprint density at radius 2 is 1.81 bits per heavy atom. The summed E-state index contributed by atoms with van der Waals surface area (Å²) in [5, 5.41) is 2.56. The number of allylic oxidation sites excluding steroid dienone is 1. The molecule has 0 saturated carbocycles. The summed E-state index contributed by atoms with van der Waals surface area (Å²) in [6.45, 7) is 13.1. The zero-order chi connectivity index (χ0) is 19.7. The predicted octanol–water partition coefficient (Wildman–Crippen LogP) is 3.90. The van der Waals surface area contributed by atoms with Crippen LogP contribution in [0, 0.1) is 6.92 Å². The zero-order valence-electron chi connectivity index (χ0n) is 16.9. The largest absolute Gasteiger partial charge is 0.449 e. The van der Waals surface area contributed by atoms with Gasteiger partial charge in [-0.1, -0.05) is 29.8 Å². The molecular formula is C22H26NO2Si2. The van der Waals surface area contributed by atoms with Gasteiger partial charge in [0.05, 0.1) is 0 Å². The molecule has 2 aliphatic rings. The maximum atomic E-state index is 12.1. The van der Waals surface area contributed by atoms with E-state index in [0.717, 1.165) is 17.5 Å². The van der Waals surface area contributed by atoms with Crippen molar-refractivity contribution in [2.24, 2.45) is 0 Å². The van der Waals surface area contributed by atoms with Crippen molar-refractivity contribution in [3.05, 3.63) is 52.1 Å². The molecule has 2 aromatic rings. The van der Waals surface area contributed by atoms with E-state index in [0.29, 0.717) is 5.56 Å². The highest BCUT2D eigenvalue weighted by Crippen LogP contribution is 2.38. The Bertz CT molecular complexity index is 1040. The third-order valence-corrected chi connectivity index (χ3v) is 13.7. The summed E-state index contributed by atoms with van der Waals surface area (Å²) in [6.07, 6.45) is 3.26. The lowest BCUT2D eigenvalue weighted by Crippen LogP contribution is -2.46. The van der Waals surface area contributed by atoms with Gasteiger partial charge in [0.25, 0.3) is 5.91 Å². The third kappa shape index (κ3) is 2.68. The van der Waals surface area contributed by atoms with Gasteiger partial charge in [-0.15, -0.1) is 0 Å². The molecule has 1 heterocycles. The maximum Gasteiger partial charge on any atom is 0.269 e. The number of hydrogen-bond donors (Lipinski definition) is 0. The van der Waals surface area contributed by atoms with Gasteiger partial charge in [-0.05, 0) is 90.7 Å². The molecule has 4 rings (SSSR count). The van der Waals surface area contributed by atoms with E-state index in [1.54, 1.807) is 0 Å². The van der Waals surface area contributed by atoms with Crippen LogP contribution in [0.5, 0.6) is 0 Å². The Morgan fingerprint density at radius 3 is 2.48 bits per heavy atom. The fourth-order valence-corrected chi connectivity index (χ4v) is 15.6. The Labute approximate surface area is 163 Å². The highest BCUT2D eigenvalue weighted by atomic mass is 28.4. The number of amides is 1. The second-order valence-electron chi connectivity index (χ2n) is 8.84. The fraction of sp³-hybridized carbons (Fsp3) is 0.318. The van der Waals surface area contributed by atoms with Crippen LogP contribution in [0.4, 0.5) is 0 Å². The molecular weight excluding hydrogens is 366 g/mol. The second-order valence-corrected chi connectivity index (χ2v) is 16.7. The predicted molar refractivity (Wildman–Crippen MR) is 117 cm³/mol. The summed E-state index contributed by atoms with van der Waals surface area (Å²) in [6, 6.07) is 8.46. The number of carbonyl (C=O) groups excluding carboxylic acids is 1. The lowest BCUT2D eigenvalue weighted by Gasteiger charge is -2.24. The number of fused-ring (bicyclic) bond motifs is 2. The van der Waals surface area contributed by atoms with Gasteiger partial charge in [0, 0.05) is 5.56 Å². The molecule has 1 radical (unpaired) electrons. The van der Waals surface area contributed by atoms with Crippen molar-refractivity contribution in [1.82, 2.24) is 5.73 Å². The van der Waals surface area contributed by atoms with Crippen LogP contribution in [-0.2, 0) is 10.5 Å². The van der Waals surface area contributed by atoms with E-state index in [1.165, 1.54) is 32.6 Å².